The lowest BCUT2D eigenvalue weighted by atomic mass is 10.0. The van der Waals surface area contributed by atoms with Gasteiger partial charge >= 0.3 is 20.7 Å². The Morgan fingerprint density at radius 2 is 1.81 bits per heavy atom. The van der Waals surface area contributed by atoms with Gasteiger partial charge < -0.3 is 32.6 Å². The standard InChI is InChI=1S/C17H30O9Si/c1-6-13-10-17(13,15(19)21-2)16(20)26-12-14(18)11-25-8-7-9-27(22-3,23-4)24-5/h6,13-14,18H,1,7-12H2,2-5H3. The van der Waals surface area contributed by atoms with Gasteiger partial charge in [0, 0.05) is 39.9 Å². The van der Waals surface area contributed by atoms with E-state index >= 15 is 0 Å². The van der Waals surface area contributed by atoms with E-state index < -0.39 is 32.3 Å². The molecular weight excluding hydrogens is 376 g/mol. The molecule has 1 N–H and O–H groups in total. The molecule has 1 rings (SSSR count). The molecule has 10 heteroatoms. The van der Waals surface area contributed by atoms with Crippen LogP contribution in [0.4, 0.5) is 0 Å². The van der Waals surface area contributed by atoms with Crippen LogP contribution in [0.25, 0.3) is 0 Å². The normalized spacial score (nSPS) is 22.8. The summed E-state index contributed by atoms with van der Waals surface area (Å²) in [4.78, 5) is 24.1. The van der Waals surface area contributed by atoms with E-state index in [1.807, 2.05) is 0 Å². The maximum atomic E-state index is 12.2. The molecule has 0 aromatic heterocycles. The summed E-state index contributed by atoms with van der Waals surface area (Å²) in [6, 6.07) is 0.576. The molecule has 1 fully saturated rings. The number of carbonyl (C=O) groups is 2. The molecule has 0 aromatic carbocycles. The van der Waals surface area contributed by atoms with Gasteiger partial charge in [-0.2, -0.15) is 0 Å². The van der Waals surface area contributed by atoms with E-state index in [-0.39, 0.29) is 19.1 Å². The predicted octanol–water partition coefficient (Wildman–Crippen LogP) is 0.541. The molecule has 0 spiro atoms. The Labute approximate surface area is 160 Å². The number of aliphatic hydroxyl groups excluding tert-OH is 1. The highest BCUT2D eigenvalue weighted by molar-refractivity contribution is 6.60. The monoisotopic (exact) mass is 406 g/mol. The summed E-state index contributed by atoms with van der Waals surface area (Å²) in [6.45, 7) is 3.68. The van der Waals surface area contributed by atoms with E-state index in [0.29, 0.717) is 25.5 Å². The highest BCUT2D eigenvalue weighted by Gasteiger charge is 2.66. The van der Waals surface area contributed by atoms with Gasteiger partial charge in [-0.05, 0) is 12.8 Å². The number of methoxy groups -OCH3 is 1. The van der Waals surface area contributed by atoms with Crippen LogP contribution in [0.5, 0.6) is 0 Å². The van der Waals surface area contributed by atoms with Gasteiger partial charge in [0.1, 0.15) is 12.7 Å². The van der Waals surface area contributed by atoms with Crippen molar-refractivity contribution >= 4 is 20.7 Å². The van der Waals surface area contributed by atoms with Crippen molar-refractivity contribution in [2.45, 2.75) is 25.0 Å². The molecule has 0 bridgehead atoms. The predicted molar refractivity (Wildman–Crippen MR) is 96.7 cm³/mol. The molecule has 0 aromatic rings. The van der Waals surface area contributed by atoms with Gasteiger partial charge in [0.15, 0.2) is 5.41 Å². The van der Waals surface area contributed by atoms with Crippen LogP contribution in [-0.4, -0.2) is 80.2 Å². The molecule has 9 nitrogen and oxygen atoms in total. The third-order valence-electron chi connectivity index (χ3n) is 4.63. The molecule has 27 heavy (non-hydrogen) atoms. The van der Waals surface area contributed by atoms with E-state index in [0.717, 1.165) is 0 Å². The summed E-state index contributed by atoms with van der Waals surface area (Å²) >= 11 is 0. The quantitative estimate of drug-likeness (QED) is 0.145. The van der Waals surface area contributed by atoms with Crippen molar-refractivity contribution in [3.05, 3.63) is 12.7 Å². The zero-order valence-electron chi connectivity index (χ0n) is 16.4. The number of hydrogen-bond donors (Lipinski definition) is 1. The molecule has 3 atom stereocenters. The molecule has 0 saturated heterocycles. The second kappa shape index (κ2) is 10.9. The third kappa shape index (κ3) is 5.83. The van der Waals surface area contributed by atoms with Crippen molar-refractivity contribution in [2.24, 2.45) is 11.3 Å². The summed E-state index contributed by atoms with van der Waals surface area (Å²) in [5, 5.41) is 9.90. The fourth-order valence-electron chi connectivity index (χ4n) is 2.82. The third-order valence-corrected chi connectivity index (χ3v) is 7.47. The minimum Gasteiger partial charge on any atom is -0.468 e. The molecule has 156 valence electrons. The van der Waals surface area contributed by atoms with Crippen LogP contribution in [-0.2, 0) is 37.1 Å². The maximum Gasteiger partial charge on any atom is 0.500 e. The minimum atomic E-state index is -2.63. The molecule has 0 amide bonds. The Kier molecular flexibility index (Phi) is 9.57. The molecule has 1 aliphatic rings. The molecule has 1 saturated carbocycles. The number of esters is 2. The molecule has 0 heterocycles. The van der Waals surface area contributed by atoms with Gasteiger partial charge in [-0.15, -0.1) is 6.58 Å². The van der Waals surface area contributed by atoms with E-state index in [9.17, 15) is 14.7 Å². The van der Waals surface area contributed by atoms with Crippen molar-refractivity contribution in [1.82, 2.24) is 0 Å². The maximum absolute atomic E-state index is 12.2. The molecule has 0 aliphatic heterocycles. The summed E-state index contributed by atoms with van der Waals surface area (Å²) in [6.07, 6.45) is 1.46. The van der Waals surface area contributed by atoms with Gasteiger partial charge in [-0.3, -0.25) is 9.59 Å². The van der Waals surface area contributed by atoms with Crippen molar-refractivity contribution in [1.29, 1.82) is 0 Å². The number of rotatable bonds is 14. The van der Waals surface area contributed by atoms with E-state index in [1.54, 1.807) is 0 Å². The zero-order valence-corrected chi connectivity index (χ0v) is 17.4. The lowest BCUT2D eigenvalue weighted by molar-refractivity contribution is -0.166. The van der Waals surface area contributed by atoms with Crippen molar-refractivity contribution < 1.29 is 42.2 Å². The first-order chi connectivity index (χ1) is 12.9. The van der Waals surface area contributed by atoms with Crippen LogP contribution >= 0.6 is 0 Å². The SMILES string of the molecule is C=CC1CC1(C(=O)OC)C(=O)OCC(O)COCCC[Si](OC)(OC)OC. The lowest BCUT2D eigenvalue weighted by Crippen LogP contribution is -2.42. The largest absolute Gasteiger partial charge is 0.500 e. The first kappa shape index (κ1) is 23.7. The highest BCUT2D eigenvalue weighted by atomic mass is 28.4. The first-order valence-electron chi connectivity index (χ1n) is 8.65. The average molecular weight is 407 g/mol. The molecule has 0 radical (unpaired) electrons. The second-order valence-electron chi connectivity index (χ2n) is 6.24. The van der Waals surface area contributed by atoms with E-state index in [2.05, 4.69) is 11.3 Å². The fourth-order valence-corrected chi connectivity index (χ4v) is 4.51. The molecule has 3 unspecified atom stereocenters. The minimum absolute atomic E-state index is 0.00903. The summed E-state index contributed by atoms with van der Waals surface area (Å²) in [5.74, 6) is -1.67. The van der Waals surface area contributed by atoms with Crippen LogP contribution in [0, 0.1) is 11.3 Å². The van der Waals surface area contributed by atoms with E-state index in [4.69, 9.17) is 22.8 Å². The topological polar surface area (TPSA) is 110 Å². The fraction of sp³-hybridized carbons (Fsp3) is 0.765. The van der Waals surface area contributed by atoms with Gasteiger partial charge in [-0.25, -0.2) is 0 Å². The number of ether oxygens (including phenoxy) is 3. The van der Waals surface area contributed by atoms with E-state index in [1.165, 1.54) is 34.5 Å². The van der Waals surface area contributed by atoms with Gasteiger partial charge in [0.25, 0.3) is 0 Å². The number of carbonyl (C=O) groups excluding carboxylic acids is 2. The first-order valence-corrected chi connectivity index (χ1v) is 10.6. The number of allylic oxidation sites excluding steroid dienone is 1. The smallest absolute Gasteiger partial charge is 0.468 e. The average Bonchev–Trinajstić information content (AvgIpc) is 3.44. The Hall–Kier alpha value is -1.30. The van der Waals surface area contributed by atoms with Crippen molar-refractivity contribution in [2.75, 3.05) is 48.3 Å². The number of hydrogen-bond acceptors (Lipinski definition) is 9. The van der Waals surface area contributed by atoms with Crippen molar-refractivity contribution in [3.63, 3.8) is 0 Å². The Morgan fingerprint density at radius 1 is 1.19 bits per heavy atom. The summed E-state index contributed by atoms with van der Waals surface area (Å²) < 4.78 is 31.0. The van der Waals surface area contributed by atoms with Crippen LogP contribution < -0.4 is 0 Å². The molecule has 1 aliphatic carbocycles. The van der Waals surface area contributed by atoms with Gasteiger partial charge in [-0.1, -0.05) is 6.08 Å². The van der Waals surface area contributed by atoms with Crippen molar-refractivity contribution in [3.8, 4) is 0 Å². The summed E-state index contributed by atoms with van der Waals surface area (Å²) in [7, 11) is 3.20. The highest BCUT2D eigenvalue weighted by Crippen LogP contribution is 2.55. The Morgan fingerprint density at radius 3 is 2.30 bits per heavy atom. The zero-order chi connectivity index (χ0) is 20.5. The van der Waals surface area contributed by atoms with Crippen LogP contribution in [0.15, 0.2) is 12.7 Å². The van der Waals surface area contributed by atoms with Crippen LogP contribution in [0.2, 0.25) is 6.04 Å². The second-order valence-corrected chi connectivity index (χ2v) is 9.33. The Bertz CT molecular complexity index is 500. The Balaban J connectivity index is 2.29. The molecular formula is C17H30O9Si. The van der Waals surface area contributed by atoms with Gasteiger partial charge in [0.2, 0.25) is 0 Å². The van der Waals surface area contributed by atoms with Crippen LogP contribution in [0.3, 0.4) is 0 Å². The van der Waals surface area contributed by atoms with Crippen LogP contribution in [0.1, 0.15) is 12.8 Å². The number of aliphatic hydroxyl groups is 1. The summed E-state index contributed by atoms with van der Waals surface area (Å²) in [5.41, 5.74) is -1.33. The van der Waals surface area contributed by atoms with Gasteiger partial charge in [0.05, 0.1) is 13.7 Å². The lowest BCUT2D eigenvalue weighted by Gasteiger charge is -2.24.